The van der Waals surface area contributed by atoms with Crippen LogP contribution >= 0.6 is 0 Å². The van der Waals surface area contributed by atoms with Gasteiger partial charge in [0.1, 0.15) is 6.04 Å². The number of carbonyl (C=O) groups excluding carboxylic acids is 2. The van der Waals surface area contributed by atoms with E-state index in [0.717, 1.165) is 22.3 Å². The third-order valence-corrected chi connectivity index (χ3v) is 5.91. The number of rotatable bonds is 11. The minimum Gasteiger partial charge on any atom is -0.383 e. The van der Waals surface area contributed by atoms with Gasteiger partial charge < -0.3 is 14.5 Å². The summed E-state index contributed by atoms with van der Waals surface area (Å²) >= 11 is 0. The fraction of sp³-hybridized carbons (Fsp3) is 0.267. The second-order valence-corrected chi connectivity index (χ2v) is 8.65. The molecule has 0 aliphatic heterocycles. The van der Waals surface area contributed by atoms with Crippen molar-refractivity contribution in [3.05, 3.63) is 113 Å². The molecule has 0 heterocycles. The molecule has 0 radical (unpaired) electrons. The van der Waals surface area contributed by atoms with Crippen LogP contribution in [0.5, 0.6) is 0 Å². The Morgan fingerprint density at radius 1 is 0.886 bits per heavy atom. The first-order valence-corrected chi connectivity index (χ1v) is 11.8. The van der Waals surface area contributed by atoms with Gasteiger partial charge in [-0.05, 0) is 29.7 Å². The smallest absolute Gasteiger partial charge is 0.247 e. The van der Waals surface area contributed by atoms with Crippen LogP contribution in [0.4, 0.5) is 0 Å². The molecule has 3 rings (SSSR count). The van der Waals surface area contributed by atoms with E-state index in [-0.39, 0.29) is 11.8 Å². The van der Waals surface area contributed by atoms with E-state index in [0.29, 0.717) is 26.1 Å². The highest BCUT2D eigenvalue weighted by Gasteiger charge is 2.31. The third kappa shape index (κ3) is 7.94. The van der Waals surface area contributed by atoms with Crippen molar-refractivity contribution in [1.29, 1.82) is 0 Å². The molecule has 5 heteroatoms. The first-order chi connectivity index (χ1) is 17.0. The number of hydrogen-bond acceptors (Lipinski definition) is 3. The van der Waals surface area contributed by atoms with Crippen molar-refractivity contribution in [1.82, 2.24) is 9.80 Å². The summed E-state index contributed by atoms with van der Waals surface area (Å²) in [6.07, 6.45) is 3.79. The number of nitrogens with zero attached hydrogens (tertiary/aromatic N) is 2. The Bertz CT molecular complexity index is 1100. The van der Waals surface area contributed by atoms with E-state index in [1.165, 1.54) is 0 Å². The lowest BCUT2D eigenvalue weighted by molar-refractivity contribution is -0.143. The van der Waals surface area contributed by atoms with Crippen LogP contribution in [0, 0.1) is 6.92 Å². The highest BCUT2D eigenvalue weighted by Crippen LogP contribution is 2.17. The van der Waals surface area contributed by atoms with Crippen molar-refractivity contribution in [2.75, 3.05) is 27.3 Å². The van der Waals surface area contributed by atoms with Gasteiger partial charge in [0.25, 0.3) is 0 Å². The quantitative estimate of drug-likeness (QED) is 0.380. The van der Waals surface area contributed by atoms with Gasteiger partial charge in [-0.3, -0.25) is 9.59 Å². The number of hydrogen-bond donors (Lipinski definition) is 0. The molecule has 0 saturated heterocycles. The van der Waals surface area contributed by atoms with Crippen LogP contribution in [0.2, 0.25) is 0 Å². The predicted octanol–water partition coefficient (Wildman–Crippen LogP) is 4.75. The van der Waals surface area contributed by atoms with Crippen LogP contribution in [0.1, 0.15) is 22.3 Å². The second-order valence-electron chi connectivity index (χ2n) is 8.65. The van der Waals surface area contributed by atoms with Crippen molar-refractivity contribution in [2.24, 2.45) is 0 Å². The van der Waals surface area contributed by atoms with Crippen molar-refractivity contribution < 1.29 is 14.3 Å². The number of amides is 2. The maximum absolute atomic E-state index is 13.7. The van der Waals surface area contributed by atoms with E-state index in [4.69, 9.17) is 4.74 Å². The SMILES string of the molecule is COCCN(C)C(=O)[C@H](Cc1ccccc1)N(Cc1ccccc1)C(=O)C=Cc1ccc(C)cc1. The highest BCUT2D eigenvalue weighted by atomic mass is 16.5. The van der Waals surface area contributed by atoms with Gasteiger partial charge in [-0.2, -0.15) is 0 Å². The lowest BCUT2D eigenvalue weighted by atomic mass is 10.0. The van der Waals surface area contributed by atoms with Crippen LogP contribution in [0.15, 0.2) is 91.0 Å². The maximum Gasteiger partial charge on any atom is 0.247 e. The molecule has 0 saturated carbocycles. The first kappa shape index (κ1) is 25.9. The monoisotopic (exact) mass is 470 g/mol. The highest BCUT2D eigenvalue weighted by molar-refractivity contribution is 5.95. The molecular formula is C30H34N2O3. The normalized spacial score (nSPS) is 11.9. The van der Waals surface area contributed by atoms with E-state index in [9.17, 15) is 9.59 Å². The Morgan fingerprint density at radius 3 is 2.09 bits per heavy atom. The summed E-state index contributed by atoms with van der Waals surface area (Å²) in [4.78, 5) is 30.6. The number of benzene rings is 3. The number of methoxy groups -OCH3 is 1. The average Bonchev–Trinajstić information content (AvgIpc) is 2.89. The number of carbonyl (C=O) groups is 2. The van der Waals surface area contributed by atoms with Gasteiger partial charge in [-0.15, -0.1) is 0 Å². The van der Waals surface area contributed by atoms with Crippen molar-refractivity contribution in [2.45, 2.75) is 25.9 Å². The van der Waals surface area contributed by atoms with Gasteiger partial charge in [0, 0.05) is 39.7 Å². The van der Waals surface area contributed by atoms with Crippen LogP contribution < -0.4 is 0 Å². The van der Waals surface area contributed by atoms with Crippen molar-refractivity contribution in [3.63, 3.8) is 0 Å². The summed E-state index contributed by atoms with van der Waals surface area (Å²) in [5.74, 6) is -0.317. The summed E-state index contributed by atoms with van der Waals surface area (Å²) < 4.78 is 5.17. The van der Waals surface area contributed by atoms with Crippen LogP contribution in [-0.4, -0.2) is 55.0 Å². The van der Waals surface area contributed by atoms with Gasteiger partial charge in [0.05, 0.1) is 6.61 Å². The van der Waals surface area contributed by atoms with E-state index in [1.54, 1.807) is 36.1 Å². The standard InChI is InChI=1S/C30H34N2O3/c1-24-14-16-25(17-15-24)18-19-29(33)32(23-27-12-8-5-9-13-27)28(22-26-10-6-4-7-11-26)30(34)31(2)20-21-35-3/h4-19,28H,20-23H2,1-3H3/t28-/m0/s1. The third-order valence-electron chi connectivity index (χ3n) is 5.91. The Kier molecular flexibility index (Phi) is 9.81. The molecule has 0 fully saturated rings. The van der Waals surface area contributed by atoms with E-state index < -0.39 is 6.04 Å². The minimum absolute atomic E-state index is 0.112. The molecule has 0 aliphatic rings. The lowest BCUT2D eigenvalue weighted by Crippen LogP contribution is -2.51. The van der Waals surface area contributed by atoms with Gasteiger partial charge in [-0.1, -0.05) is 90.5 Å². The fourth-order valence-corrected chi connectivity index (χ4v) is 3.82. The second kappa shape index (κ2) is 13.3. The Morgan fingerprint density at radius 2 is 1.49 bits per heavy atom. The van der Waals surface area contributed by atoms with Gasteiger partial charge in [0.2, 0.25) is 11.8 Å². The molecule has 0 N–H and O–H groups in total. The number of aryl methyl sites for hydroxylation is 1. The molecule has 35 heavy (non-hydrogen) atoms. The van der Waals surface area contributed by atoms with Crippen molar-refractivity contribution >= 4 is 17.9 Å². The van der Waals surface area contributed by atoms with Crippen molar-refractivity contribution in [3.8, 4) is 0 Å². The summed E-state index contributed by atoms with van der Waals surface area (Å²) in [6, 6.07) is 26.9. The summed E-state index contributed by atoms with van der Waals surface area (Å²) in [5, 5.41) is 0. The molecule has 1 atom stereocenters. The summed E-state index contributed by atoms with van der Waals surface area (Å²) in [5.41, 5.74) is 4.06. The minimum atomic E-state index is -0.658. The molecule has 2 amide bonds. The topological polar surface area (TPSA) is 49.9 Å². The molecule has 0 aliphatic carbocycles. The molecule has 3 aromatic rings. The van der Waals surface area contributed by atoms with Crippen LogP contribution in [-0.2, 0) is 27.3 Å². The Labute approximate surface area is 208 Å². The number of likely N-dealkylation sites (N-methyl/N-ethyl adjacent to an activating group) is 1. The Balaban J connectivity index is 1.95. The molecule has 5 nitrogen and oxygen atoms in total. The molecule has 0 aromatic heterocycles. The molecule has 0 bridgehead atoms. The lowest BCUT2D eigenvalue weighted by Gasteiger charge is -2.33. The molecule has 0 unspecified atom stereocenters. The Hall–Kier alpha value is -3.70. The summed E-state index contributed by atoms with van der Waals surface area (Å²) in [6.45, 7) is 3.24. The molecule has 3 aromatic carbocycles. The van der Waals surface area contributed by atoms with Crippen LogP contribution in [0.3, 0.4) is 0 Å². The largest absolute Gasteiger partial charge is 0.383 e. The van der Waals surface area contributed by atoms with Gasteiger partial charge >= 0.3 is 0 Å². The summed E-state index contributed by atoms with van der Waals surface area (Å²) in [7, 11) is 3.37. The predicted molar refractivity (Wildman–Crippen MR) is 141 cm³/mol. The van der Waals surface area contributed by atoms with E-state index >= 15 is 0 Å². The zero-order valence-corrected chi connectivity index (χ0v) is 20.8. The van der Waals surface area contributed by atoms with Gasteiger partial charge in [0.15, 0.2) is 0 Å². The van der Waals surface area contributed by atoms with E-state index in [1.807, 2.05) is 91.9 Å². The van der Waals surface area contributed by atoms with Crippen LogP contribution in [0.25, 0.3) is 6.08 Å². The molecular weight excluding hydrogens is 436 g/mol. The maximum atomic E-state index is 13.7. The average molecular weight is 471 g/mol. The molecule has 0 spiro atoms. The zero-order chi connectivity index (χ0) is 25.0. The number of ether oxygens (including phenoxy) is 1. The first-order valence-electron chi connectivity index (χ1n) is 11.8. The fourth-order valence-electron chi connectivity index (χ4n) is 3.82. The van der Waals surface area contributed by atoms with Gasteiger partial charge in [-0.25, -0.2) is 0 Å². The molecule has 182 valence electrons. The van der Waals surface area contributed by atoms with E-state index in [2.05, 4.69) is 0 Å². The zero-order valence-electron chi connectivity index (χ0n) is 20.8.